The quantitative estimate of drug-likeness (QED) is 0.809. The average Bonchev–Trinajstić information content (AvgIpc) is 3.08. The van der Waals surface area contributed by atoms with Crippen molar-refractivity contribution in [3.63, 3.8) is 0 Å². The van der Waals surface area contributed by atoms with Crippen molar-refractivity contribution in [2.24, 2.45) is 5.92 Å². The first-order valence-electron chi connectivity index (χ1n) is 5.99. The summed E-state index contributed by atoms with van der Waals surface area (Å²) >= 11 is 0. The fourth-order valence-electron chi connectivity index (χ4n) is 2.26. The molecule has 1 aromatic heterocycles. The third kappa shape index (κ3) is 1.89. The molecule has 1 saturated heterocycles. The molecule has 1 aliphatic heterocycles. The Morgan fingerprint density at radius 3 is 2.94 bits per heavy atom. The summed E-state index contributed by atoms with van der Waals surface area (Å²) in [7, 11) is 0. The molecule has 3 rings (SSSR count). The average molecular weight is 239 g/mol. The number of hydrogen-bond donors (Lipinski definition) is 0. The molecule has 0 N–H and O–H groups in total. The predicted octanol–water partition coefficient (Wildman–Crippen LogP) is 2.47. The summed E-state index contributed by atoms with van der Waals surface area (Å²) in [6.45, 7) is 0.652. The first kappa shape index (κ1) is 11.0. The van der Waals surface area contributed by atoms with E-state index in [2.05, 4.69) is 11.2 Å². The van der Waals surface area contributed by atoms with Crippen molar-refractivity contribution in [3.8, 4) is 11.8 Å². The fraction of sp³-hybridized carbons (Fsp3) is 0.286. The lowest BCUT2D eigenvalue weighted by Crippen LogP contribution is -2.04. The molecule has 90 valence electrons. The van der Waals surface area contributed by atoms with Crippen LogP contribution in [0.15, 0.2) is 42.7 Å². The molecule has 18 heavy (non-hydrogen) atoms. The molecular formula is C14H13N3O. The third-order valence-electron chi connectivity index (χ3n) is 3.21. The molecule has 2 aromatic rings. The Bertz CT molecular complexity index is 570. The molecule has 1 aromatic carbocycles. The van der Waals surface area contributed by atoms with E-state index in [9.17, 15) is 0 Å². The summed E-state index contributed by atoms with van der Waals surface area (Å²) < 4.78 is 7.43. The Morgan fingerprint density at radius 2 is 2.17 bits per heavy atom. The zero-order valence-corrected chi connectivity index (χ0v) is 9.86. The van der Waals surface area contributed by atoms with E-state index < -0.39 is 0 Å². The van der Waals surface area contributed by atoms with Crippen molar-refractivity contribution in [2.45, 2.75) is 12.5 Å². The Morgan fingerprint density at radius 1 is 1.33 bits per heavy atom. The molecular weight excluding hydrogens is 226 g/mol. The van der Waals surface area contributed by atoms with E-state index in [0.29, 0.717) is 6.61 Å². The minimum absolute atomic E-state index is 0.0570. The van der Waals surface area contributed by atoms with Crippen LogP contribution in [-0.2, 0) is 4.74 Å². The van der Waals surface area contributed by atoms with Crippen LogP contribution in [0, 0.1) is 17.2 Å². The van der Waals surface area contributed by atoms with Gasteiger partial charge >= 0.3 is 0 Å². The van der Waals surface area contributed by atoms with Crippen LogP contribution in [0.3, 0.4) is 0 Å². The van der Waals surface area contributed by atoms with Crippen LogP contribution < -0.4 is 0 Å². The third-order valence-corrected chi connectivity index (χ3v) is 3.21. The highest BCUT2D eigenvalue weighted by molar-refractivity contribution is 5.31. The number of hydrogen-bond acceptors (Lipinski definition) is 3. The van der Waals surface area contributed by atoms with Crippen molar-refractivity contribution in [1.82, 2.24) is 9.78 Å². The highest BCUT2D eigenvalue weighted by Gasteiger charge is 2.30. The van der Waals surface area contributed by atoms with Crippen molar-refractivity contribution < 1.29 is 4.74 Å². The van der Waals surface area contributed by atoms with Gasteiger partial charge in [0.15, 0.2) is 0 Å². The van der Waals surface area contributed by atoms with E-state index in [1.807, 2.05) is 41.2 Å². The van der Waals surface area contributed by atoms with Crippen LogP contribution in [0.4, 0.5) is 0 Å². The van der Waals surface area contributed by atoms with E-state index >= 15 is 0 Å². The van der Waals surface area contributed by atoms with Crippen molar-refractivity contribution in [2.75, 3.05) is 6.61 Å². The molecule has 0 saturated carbocycles. The number of para-hydroxylation sites is 1. The SMILES string of the molecule is N#CC1CCOC1c1cnn(-c2ccccc2)c1. The fourth-order valence-corrected chi connectivity index (χ4v) is 2.26. The topological polar surface area (TPSA) is 50.8 Å². The summed E-state index contributed by atoms with van der Waals surface area (Å²) in [6.07, 6.45) is 4.40. The van der Waals surface area contributed by atoms with Gasteiger partial charge in [-0.3, -0.25) is 0 Å². The van der Waals surface area contributed by atoms with Crippen molar-refractivity contribution >= 4 is 0 Å². The standard InChI is InChI=1S/C14H13N3O/c15-8-11-6-7-18-14(11)12-9-16-17(10-12)13-4-2-1-3-5-13/h1-5,9-11,14H,6-7H2. The minimum atomic E-state index is -0.132. The Hall–Kier alpha value is -2.12. The molecule has 0 bridgehead atoms. The van der Waals surface area contributed by atoms with Gasteiger partial charge in [0.25, 0.3) is 0 Å². The summed E-state index contributed by atoms with van der Waals surface area (Å²) in [5.41, 5.74) is 1.98. The van der Waals surface area contributed by atoms with E-state index in [4.69, 9.17) is 10.00 Å². The van der Waals surface area contributed by atoms with Gasteiger partial charge in [0.1, 0.15) is 6.10 Å². The monoisotopic (exact) mass is 239 g/mol. The molecule has 0 aliphatic carbocycles. The summed E-state index contributed by atoms with van der Waals surface area (Å²) in [5.74, 6) is -0.0570. The van der Waals surface area contributed by atoms with Gasteiger partial charge in [-0.25, -0.2) is 4.68 Å². The molecule has 1 fully saturated rings. The molecule has 4 nitrogen and oxygen atoms in total. The van der Waals surface area contributed by atoms with Crippen molar-refractivity contribution in [3.05, 3.63) is 48.3 Å². The zero-order chi connectivity index (χ0) is 12.4. The normalized spacial score (nSPS) is 22.8. The number of nitrogens with zero attached hydrogens (tertiary/aromatic N) is 3. The van der Waals surface area contributed by atoms with Gasteiger partial charge < -0.3 is 4.74 Å². The van der Waals surface area contributed by atoms with Crippen LogP contribution in [0.1, 0.15) is 18.1 Å². The van der Waals surface area contributed by atoms with Crippen LogP contribution in [0.5, 0.6) is 0 Å². The number of ether oxygens (including phenoxy) is 1. The highest BCUT2D eigenvalue weighted by atomic mass is 16.5. The van der Waals surface area contributed by atoms with Gasteiger partial charge in [0.05, 0.1) is 23.9 Å². The molecule has 0 radical (unpaired) electrons. The van der Waals surface area contributed by atoms with Crippen LogP contribution in [-0.4, -0.2) is 16.4 Å². The Balaban J connectivity index is 1.88. The second kappa shape index (κ2) is 4.63. The van der Waals surface area contributed by atoms with Gasteiger partial charge in [-0.2, -0.15) is 10.4 Å². The minimum Gasteiger partial charge on any atom is -0.372 e. The highest BCUT2D eigenvalue weighted by Crippen LogP contribution is 2.33. The number of nitriles is 1. The lowest BCUT2D eigenvalue weighted by molar-refractivity contribution is 0.101. The second-order valence-electron chi connectivity index (χ2n) is 4.37. The molecule has 1 aliphatic rings. The molecule has 4 heteroatoms. The van der Waals surface area contributed by atoms with Gasteiger partial charge in [-0.1, -0.05) is 18.2 Å². The van der Waals surface area contributed by atoms with E-state index in [1.54, 1.807) is 6.20 Å². The first-order valence-corrected chi connectivity index (χ1v) is 5.99. The largest absolute Gasteiger partial charge is 0.372 e. The number of aromatic nitrogens is 2. The zero-order valence-electron chi connectivity index (χ0n) is 9.86. The van der Waals surface area contributed by atoms with Crippen LogP contribution in [0.25, 0.3) is 5.69 Å². The maximum Gasteiger partial charge on any atom is 0.101 e. The Kier molecular flexibility index (Phi) is 2.83. The smallest absolute Gasteiger partial charge is 0.101 e. The number of benzene rings is 1. The lowest BCUT2D eigenvalue weighted by atomic mass is 9.99. The summed E-state index contributed by atoms with van der Waals surface area (Å²) in [4.78, 5) is 0. The van der Waals surface area contributed by atoms with E-state index in [0.717, 1.165) is 17.7 Å². The van der Waals surface area contributed by atoms with Gasteiger partial charge in [0, 0.05) is 18.4 Å². The van der Waals surface area contributed by atoms with E-state index in [-0.39, 0.29) is 12.0 Å². The molecule has 2 unspecified atom stereocenters. The lowest BCUT2D eigenvalue weighted by Gasteiger charge is -2.09. The predicted molar refractivity (Wildman–Crippen MR) is 66.0 cm³/mol. The molecule has 2 heterocycles. The van der Waals surface area contributed by atoms with Gasteiger partial charge in [-0.05, 0) is 18.6 Å². The van der Waals surface area contributed by atoms with Crippen LogP contribution >= 0.6 is 0 Å². The molecule has 0 spiro atoms. The maximum atomic E-state index is 9.06. The summed E-state index contributed by atoms with van der Waals surface area (Å²) in [6, 6.07) is 12.2. The maximum absolute atomic E-state index is 9.06. The van der Waals surface area contributed by atoms with E-state index in [1.165, 1.54) is 0 Å². The Labute approximate surface area is 105 Å². The van der Waals surface area contributed by atoms with Crippen molar-refractivity contribution in [1.29, 1.82) is 5.26 Å². The first-order chi connectivity index (χ1) is 8.88. The molecule has 0 amide bonds. The number of rotatable bonds is 2. The van der Waals surface area contributed by atoms with Gasteiger partial charge in [-0.15, -0.1) is 0 Å². The molecule has 2 atom stereocenters. The van der Waals surface area contributed by atoms with Gasteiger partial charge in [0.2, 0.25) is 0 Å². The summed E-state index contributed by atoms with van der Waals surface area (Å²) in [5, 5.41) is 13.4. The second-order valence-corrected chi connectivity index (χ2v) is 4.37. The van der Waals surface area contributed by atoms with Crippen LogP contribution in [0.2, 0.25) is 0 Å².